The molecule has 0 atom stereocenters. The van der Waals surface area contributed by atoms with Crippen LogP contribution in [-0.2, 0) is 6.42 Å². The molecule has 1 aromatic heterocycles. The van der Waals surface area contributed by atoms with Gasteiger partial charge in [0.2, 0.25) is 0 Å². The first-order valence-corrected chi connectivity index (χ1v) is 8.44. The highest BCUT2D eigenvalue weighted by atomic mass is 16.3. The van der Waals surface area contributed by atoms with E-state index in [9.17, 15) is 15.0 Å². The summed E-state index contributed by atoms with van der Waals surface area (Å²) in [5.41, 5.74) is 2.31. The van der Waals surface area contributed by atoms with Crippen LogP contribution in [0.4, 0.5) is 0 Å². The Labute approximate surface area is 146 Å². The minimum Gasteiger partial charge on any atom is -0.508 e. The van der Waals surface area contributed by atoms with Crippen molar-refractivity contribution in [1.82, 2.24) is 4.57 Å². The fourth-order valence-corrected chi connectivity index (χ4v) is 2.90. The third kappa shape index (κ3) is 3.43. The molecule has 2 aromatic carbocycles. The Morgan fingerprint density at radius 1 is 0.960 bits per heavy atom. The van der Waals surface area contributed by atoms with Gasteiger partial charge in [-0.1, -0.05) is 43.7 Å². The third-order valence-electron chi connectivity index (χ3n) is 4.24. The van der Waals surface area contributed by atoms with Crippen LogP contribution in [0.25, 0.3) is 16.9 Å². The number of nitrogens with zero attached hydrogens (tertiary/aromatic N) is 1. The van der Waals surface area contributed by atoms with E-state index in [0.29, 0.717) is 23.4 Å². The predicted octanol–water partition coefficient (Wildman–Crippen LogP) is 4.26. The Balaban J connectivity index is 2.27. The second-order valence-electron chi connectivity index (χ2n) is 6.02. The lowest BCUT2D eigenvalue weighted by Gasteiger charge is -2.16. The van der Waals surface area contributed by atoms with Crippen molar-refractivity contribution < 1.29 is 10.2 Å². The van der Waals surface area contributed by atoms with Gasteiger partial charge in [0, 0.05) is 11.8 Å². The van der Waals surface area contributed by atoms with Crippen molar-refractivity contribution in [2.75, 3.05) is 0 Å². The van der Waals surface area contributed by atoms with Crippen molar-refractivity contribution in [2.45, 2.75) is 26.2 Å². The van der Waals surface area contributed by atoms with Crippen LogP contribution in [0.3, 0.4) is 0 Å². The Morgan fingerprint density at radius 3 is 2.28 bits per heavy atom. The van der Waals surface area contributed by atoms with Gasteiger partial charge in [0.25, 0.3) is 5.56 Å². The van der Waals surface area contributed by atoms with Crippen molar-refractivity contribution >= 4 is 0 Å². The highest BCUT2D eigenvalue weighted by Crippen LogP contribution is 2.28. The molecular formula is C21H21NO3. The number of phenols is 1. The maximum Gasteiger partial charge on any atom is 0.262 e. The molecule has 0 saturated carbocycles. The lowest BCUT2D eigenvalue weighted by atomic mass is 10.0. The monoisotopic (exact) mass is 335 g/mol. The molecule has 0 saturated heterocycles. The Hall–Kier alpha value is -3.01. The Morgan fingerprint density at radius 2 is 1.64 bits per heavy atom. The molecule has 128 valence electrons. The van der Waals surface area contributed by atoms with Crippen LogP contribution in [0.15, 0.2) is 65.5 Å². The molecule has 2 N–H and O–H groups in total. The van der Waals surface area contributed by atoms with E-state index in [-0.39, 0.29) is 17.1 Å². The fraction of sp³-hybridized carbons (Fsp3) is 0.190. The number of unbranched alkanes of at least 4 members (excludes halogenated alkanes) is 1. The Bertz CT molecular complexity index is 912. The first-order valence-electron chi connectivity index (χ1n) is 8.44. The van der Waals surface area contributed by atoms with Gasteiger partial charge < -0.3 is 10.2 Å². The predicted molar refractivity (Wildman–Crippen MR) is 99.4 cm³/mol. The largest absolute Gasteiger partial charge is 0.508 e. The van der Waals surface area contributed by atoms with E-state index in [1.807, 2.05) is 37.3 Å². The van der Waals surface area contributed by atoms with Crippen molar-refractivity contribution in [2.24, 2.45) is 0 Å². The summed E-state index contributed by atoms with van der Waals surface area (Å²) < 4.78 is 1.60. The molecular weight excluding hydrogens is 314 g/mol. The quantitative estimate of drug-likeness (QED) is 0.732. The van der Waals surface area contributed by atoms with Crippen LogP contribution in [0, 0.1) is 0 Å². The second kappa shape index (κ2) is 7.26. The number of aromatic hydroxyl groups is 2. The van der Waals surface area contributed by atoms with Crippen LogP contribution in [0.2, 0.25) is 0 Å². The summed E-state index contributed by atoms with van der Waals surface area (Å²) in [6.45, 7) is 2.05. The zero-order chi connectivity index (χ0) is 17.8. The number of hydrogen-bond donors (Lipinski definition) is 2. The van der Waals surface area contributed by atoms with E-state index in [0.717, 1.165) is 18.4 Å². The average Bonchev–Trinajstić information content (AvgIpc) is 2.63. The van der Waals surface area contributed by atoms with Crippen molar-refractivity contribution in [3.05, 3.63) is 76.6 Å². The average molecular weight is 335 g/mol. The summed E-state index contributed by atoms with van der Waals surface area (Å²) in [5.74, 6) is 0.176. The Kier molecular flexibility index (Phi) is 4.89. The topological polar surface area (TPSA) is 62.5 Å². The maximum atomic E-state index is 13.1. The van der Waals surface area contributed by atoms with Gasteiger partial charge in [0.05, 0.1) is 11.3 Å². The van der Waals surface area contributed by atoms with E-state index in [2.05, 4.69) is 0 Å². The summed E-state index contributed by atoms with van der Waals surface area (Å²) in [7, 11) is 0. The van der Waals surface area contributed by atoms with Crippen LogP contribution < -0.4 is 5.56 Å². The SMILES string of the molecule is CCCCc1c(O)cc(-c2ccccc2)n(-c2ccc(O)cc2)c1=O. The van der Waals surface area contributed by atoms with E-state index in [1.54, 1.807) is 34.9 Å². The van der Waals surface area contributed by atoms with Gasteiger partial charge in [-0.2, -0.15) is 0 Å². The molecule has 0 spiro atoms. The highest BCUT2D eigenvalue weighted by Gasteiger charge is 2.16. The number of phenolic OH excluding ortho intramolecular Hbond substituents is 1. The first kappa shape index (κ1) is 16.8. The number of hydrogen-bond acceptors (Lipinski definition) is 3. The van der Waals surface area contributed by atoms with Gasteiger partial charge in [0.1, 0.15) is 11.5 Å². The second-order valence-corrected chi connectivity index (χ2v) is 6.02. The van der Waals surface area contributed by atoms with Crippen LogP contribution in [-0.4, -0.2) is 14.8 Å². The summed E-state index contributed by atoms with van der Waals surface area (Å²) in [5, 5.41) is 20.0. The number of aromatic nitrogens is 1. The summed E-state index contributed by atoms with van der Waals surface area (Å²) in [4.78, 5) is 13.1. The molecule has 3 aromatic rings. The molecule has 0 amide bonds. The number of pyridine rings is 1. The van der Waals surface area contributed by atoms with Crippen molar-refractivity contribution in [3.8, 4) is 28.4 Å². The zero-order valence-electron chi connectivity index (χ0n) is 14.1. The molecule has 4 nitrogen and oxygen atoms in total. The summed E-state index contributed by atoms with van der Waals surface area (Å²) in [6.07, 6.45) is 2.32. The zero-order valence-corrected chi connectivity index (χ0v) is 14.1. The van der Waals surface area contributed by atoms with E-state index in [1.165, 1.54) is 0 Å². The molecule has 0 aliphatic carbocycles. The van der Waals surface area contributed by atoms with Gasteiger partial charge >= 0.3 is 0 Å². The van der Waals surface area contributed by atoms with E-state index >= 15 is 0 Å². The molecule has 4 heteroatoms. The van der Waals surface area contributed by atoms with Crippen molar-refractivity contribution in [1.29, 1.82) is 0 Å². The number of benzene rings is 2. The number of rotatable bonds is 5. The normalized spacial score (nSPS) is 10.8. The van der Waals surface area contributed by atoms with Gasteiger partial charge in [-0.05, 0) is 42.7 Å². The fourth-order valence-electron chi connectivity index (χ4n) is 2.90. The van der Waals surface area contributed by atoms with Gasteiger partial charge in [0.15, 0.2) is 0 Å². The highest BCUT2D eigenvalue weighted by molar-refractivity contribution is 5.65. The molecule has 0 unspecified atom stereocenters. The smallest absolute Gasteiger partial charge is 0.262 e. The van der Waals surface area contributed by atoms with E-state index < -0.39 is 0 Å². The molecule has 0 aliphatic rings. The lowest BCUT2D eigenvalue weighted by Crippen LogP contribution is -2.24. The lowest BCUT2D eigenvalue weighted by molar-refractivity contribution is 0.463. The van der Waals surface area contributed by atoms with Gasteiger partial charge in [-0.3, -0.25) is 9.36 Å². The molecule has 1 heterocycles. The van der Waals surface area contributed by atoms with Gasteiger partial charge in [-0.15, -0.1) is 0 Å². The minimum absolute atomic E-state index is 0.0346. The summed E-state index contributed by atoms with van der Waals surface area (Å²) >= 11 is 0. The standard InChI is InChI=1S/C21H21NO3/c1-2-3-9-18-20(24)14-19(15-7-5-4-6-8-15)22(21(18)25)16-10-12-17(23)13-11-16/h4-8,10-14,23-24H,2-3,9H2,1H3. The molecule has 25 heavy (non-hydrogen) atoms. The molecule has 0 bridgehead atoms. The van der Waals surface area contributed by atoms with Crippen LogP contribution in [0.1, 0.15) is 25.3 Å². The molecule has 0 radical (unpaired) electrons. The van der Waals surface area contributed by atoms with Crippen LogP contribution >= 0.6 is 0 Å². The van der Waals surface area contributed by atoms with Crippen molar-refractivity contribution in [3.63, 3.8) is 0 Å². The molecule has 3 rings (SSSR count). The van der Waals surface area contributed by atoms with Crippen LogP contribution in [0.5, 0.6) is 11.5 Å². The molecule has 0 aliphatic heterocycles. The third-order valence-corrected chi connectivity index (χ3v) is 4.24. The maximum absolute atomic E-state index is 13.1. The first-order chi connectivity index (χ1) is 12.1. The van der Waals surface area contributed by atoms with E-state index in [4.69, 9.17) is 0 Å². The molecule has 0 fully saturated rings. The summed E-state index contributed by atoms with van der Waals surface area (Å²) in [6, 6.07) is 17.6. The minimum atomic E-state index is -0.224. The van der Waals surface area contributed by atoms with Gasteiger partial charge in [-0.25, -0.2) is 0 Å².